The topological polar surface area (TPSA) is 91.4 Å². The van der Waals surface area contributed by atoms with Gasteiger partial charge in [0.05, 0.1) is 18.8 Å². The van der Waals surface area contributed by atoms with Crippen LogP contribution in [0.4, 0.5) is 0 Å². The molecule has 2 aromatic carbocycles. The van der Waals surface area contributed by atoms with E-state index in [1.54, 1.807) is 6.07 Å². The standard InChI is InChI=1S/C25H22N4O4/c30-25(20-12-23(33-28-20)17-9-10-22-24(11-17)32-15-31-22)27-19-7-4-8-21-18(19)13-26-29(21)14-16-5-2-1-3-6-16/h1-3,5-6,9-13,19H,4,7-8,14-15H2,(H,27,30). The fourth-order valence-corrected chi connectivity index (χ4v) is 4.46. The number of aromatic nitrogens is 3. The van der Waals surface area contributed by atoms with Crippen molar-refractivity contribution in [2.75, 3.05) is 6.79 Å². The van der Waals surface area contributed by atoms with Gasteiger partial charge in [0.15, 0.2) is 23.0 Å². The van der Waals surface area contributed by atoms with Crippen LogP contribution < -0.4 is 14.8 Å². The minimum Gasteiger partial charge on any atom is -0.454 e. The molecular formula is C25H22N4O4. The zero-order valence-corrected chi connectivity index (χ0v) is 17.9. The molecule has 33 heavy (non-hydrogen) atoms. The first kappa shape index (κ1) is 19.6. The van der Waals surface area contributed by atoms with Crippen LogP contribution in [0.3, 0.4) is 0 Å². The van der Waals surface area contributed by atoms with Crippen molar-refractivity contribution in [1.82, 2.24) is 20.3 Å². The number of benzene rings is 2. The number of fused-ring (bicyclic) bond motifs is 2. The second-order valence-corrected chi connectivity index (χ2v) is 8.25. The summed E-state index contributed by atoms with van der Waals surface area (Å²) in [5.74, 6) is 1.58. The Bertz CT molecular complexity index is 1310. The fraction of sp³-hybridized carbons (Fsp3) is 0.240. The molecule has 0 saturated heterocycles. The molecule has 1 unspecified atom stereocenters. The third-order valence-corrected chi connectivity index (χ3v) is 6.14. The summed E-state index contributed by atoms with van der Waals surface area (Å²) in [6.45, 7) is 0.924. The minimum absolute atomic E-state index is 0.100. The van der Waals surface area contributed by atoms with Crippen LogP contribution in [0.25, 0.3) is 11.3 Å². The molecule has 0 fully saturated rings. The number of nitrogens with one attached hydrogen (secondary N) is 1. The molecular weight excluding hydrogens is 420 g/mol. The van der Waals surface area contributed by atoms with Gasteiger partial charge < -0.3 is 19.3 Å². The first-order valence-corrected chi connectivity index (χ1v) is 11.0. The average molecular weight is 442 g/mol. The Kier molecular flexibility index (Phi) is 4.83. The molecule has 0 spiro atoms. The molecule has 8 heteroatoms. The summed E-state index contributed by atoms with van der Waals surface area (Å²) in [6.07, 6.45) is 4.68. The molecule has 2 aromatic heterocycles. The molecule has 1 aliphatic carbocycles. The van der Waals surface area contributed by atoms with Gasteiger partial charge in [-0.3, -0.25) is 9.48 Å². The van der Waals surface area contributed by atoms with Crippen LogP contribution in [0.2, 0.25) is 0 Å². The van der Waals surface area contributed by atoms with Gasteiger partial charge in [-0.05, 0) is 43.0 Å². The number of ether oxygens (including phenoxy) is 2. The van der Waals surface area contributed by atoms with Crippen molar-refractivity contribution in [2.45, 2.75) is 31.8 Å². The highest BCUT2D eigenvalue weighted by Gasteiger charge is 2.27. The largest absolute Gasteiger partial charge is 0.454 e. The lowest BCUT2D eigenvalue weighted by Gasteiger charge is -2.24. The second kappa shape index (κ2) is 8.12. The predicted molar refractivity (Wildman–Crippen MR) is 119 cm³/mol. The predicted octanol–water partition coefficient (Wildman–Crippen LogP) is 4.12. The molecule has 3 heterocycles. The van der Waals surface area contributed by atoms with Crippen LogP contribution in [0.5, 0.6) is 11.5 Å². The Morgan fingerprint density at radius 2 is 1.97 bits per heavy atom. The summed E-state index contributed by atoms with van der Waals surface area (Å²) in [5.41, 5.74) is 4.47. The van der Waals surface area contributed by atoms with E-state index >= 15 is 0 Å². The van der Waals surface area contributed by atoms with E-state index in [0.29, 0.717) is 17.3 Å². The number of nitrogens with zero attached hydrogens (tertiary/aromatic N) is 3. The first-order valence-electron chi connectivity index (χ1n) is 11.0. The Morgan fingerprint density at radius 3 is 2.88 bits per heavy atom. The van der Waals surface area contributed by atoms with Gasteiger partial charge in [0.2, 0.25) is 6.79 Å². The van der Waals surface area contributed by atoms with Crippen LogP contribution in [0.15, 0.2) is 65.3 Å². The summed E-state index contributed by atoms with van der Waals surface area (Å²) in [6, 6.07) is 17.3. The molecule has 8 nitrogen and oxygen atoms in total. The molecule has 1 atom stereocenters. The summed E-state index contributed by atoms with van der Waals surface area (Å²) in [5, 5.41) is 11.7. The van der Waals surface area contributed by atoms with Gasteiger partial charge in [-0.15, -0.1) is 0 Å². The molecule has 1 N–H and O–H groups in total. The number of carbonyl (C=O) groups is 1. The van der Waals surface area contributed by atoms with Crippen molar-refractivity contribution < 1.29 is 18.8 Å². The maximum absolute atomic E-state index is 12.9. The molecule has 0 saturated carbocycles. The molecule has 1 amide bonds. The lowest BCUT2D eigenvalue weighted by Crippen LogP contribution is -2.31. The van der Waals surface area contributed by atoms with E-state index in [2.05, 4.69) is 27.7 Å². The molecule has 2 aliphatic rings. The van der Waals surface area contributed by atoms with Gasteiger partial charge in [-0.25, -0.2) is 0 Å². The molecule has 0 radical (unpaired) electrons. The Morgan fingerprint density at radius 1 is 1.09 bits per heavy atom. The van der Waals surface area contributed by atoms with E-state index in [4.69, 9.17) is 14.0 Å². The summed E-state index contributed by atoms with van der Waals surface area (Å²) in [7, 11) is 0. The maximum atomic E-state index is 12.9. The third kappa shape index (κ3) is 3.73. The van der Waals surface area contributed by atoms with Gasteiger partial charge in [-0.2, -0.15) is 5.10 Å². The Balaban J connectivity index is 1.18. The smallest absolute Gasteiger partial charge is 0.273 e. The summed E-state index contributed by atoms with van der Waals surface area (Å²) >= 11 is 0. The fourth-order valence-electron chi connectivity index (χ4n) is 4.46. The average Bonchev–Trinajstić information content (AvgIpc) is 3.60. The lowest BCUT2D eigenvalue weighted by molar-refractivity contribution is 0.0923. The zero-order valence-electron chi connectivity index (χ0n) is 17.9. The van der Waals surface area contributed by atoms with E-state index < -0.39 is 0 Å². The first-order chi connectivity index (χ1) is 16.2. The molecule has 4 aromatic rings. The van der Waals surface area contributed by atoms with Gasteiger partial charge in [0.1, 0.15) is 0 Å². The normalized spacial score (nSPS) is 16.4. The SMILES string of the molecule is O=C(NC1CCCc2c1cnn2Cc1ccccc1)c1cc(-c2ccc3c(c2)OCO3)on1. The van der Waals surface area contributed by atoms with E-state index in [1.165, 1.54) is 11.3 Å². The molecule has 1 aliphatic heterocycles. The highest BCUT2D eigenvalue weighted by molar-refractivity contribution is 5.93. The van der Waals surface area contributed by atoms with E-state index in [0.717, 1.165) is 36.9 Å². The highest BCUT2D eigenvalue weighted by Crippen LogP contribution is 2.36. The Hall–Kier alpha value is -4.07. The highest BCUT2D eigenvalue weighted by atomic mass is 16.7. The van der Waals surface area contributed by atoms with Crippen LogP contribution in [0, 0.1) is 0 Å². The summed E-state index contributed by atoms with van der Waals surface area (Å²) in [4.78, 5) is 12.9. The van der Waals surface area contributed by atoms with Crippen LogP contribution >= 0.6 is 0 Å². The van der Waals surface area contributed by atoms with E-state index in [-0.39, 0.29) is 24.4 Å². The quantitative estimate of drug-likeness (QED) is 0.500. The van der Waals surface area contributed by atoms with Crippen LogP contribution in [-0.4, -0.2) is 27.6 Å². The van der Waals surface area contributed by atoms with Crippen LogP contribution in [-0.2, 0) is 13.0 Å². The van der Waals surface area contributed by atoms with Gasteiger partial charge in [-0.1, -0.05) is 35.5 Å². The van der Waals surface area contributed by atoms with Crippen molar-refractivity contribution >= 4 is 5.91 Å². The van der Waals surface area contributed by atoms with Crippen molar-refractivity contribution in [1.29, 1.82) is 0 Å². The maximum Gasteiger partial charge on any atom is 0.273 e. The number of hydrogen-bond donors (Lipinski definition) is 1. The molecule has 6 rings (SSSR count). The van der Waals surface area contributed by atoms with Crippen LogP contribution in [0.1, 0.15) is 46.2 Å². The van der Waals surface area contributed by atoms with Gasteiger partial charge in [0, 0.05) is 22.9 Å². The number of rotatable bonds is 5. The third-order valence-electron chi connectivity index (χ3n) is 6.14. The number of hydrogen-bond acceptors (Lipinski definition) is 6. The van der Waals surface area contributed by atoms with E-state index in [1.807, 2.05) is 47.3 Å². The number of amides is 1. The van der Waals surface area contributed by atoms with Gasteiger partial charge in [0.25, 0.3) is 5.91 Å². The monoisotopic (exact) mass is 442 g/mol. The molecule has 166 valence electrons. The summed E-state index contributed by atoms with van der Waals surface area (Å²) < 4.78 is 18.2. The molecule has 0 bridgehead atoms. The zero-order chi connectivity index (χ0) is 22.2. The van der Waals surface area contributed by atoms with Crippen molar-refractivity contribution in [2.24, 2.45) is 0 Å². The van der Waals surface area contributed by atoms with Crippen molar-refractivity contribution in [3.05, 3.63) is 83.3 Å². The van der Waals surface area contributed by atoms with Crippen molar-refractivity contribution in [3.63, 3.8) is 0 Å². The van der Waals surface area contributed by atoms with E-state index in [9.17, 15) is 4.79 Å². The second-order valence-electron chi connectivity index (χ2n) is 8.25. The minimum atomic E-state index is -0.264. The lowest BCUT2D eigenvalue weighted by atomic mass is 9.92. The van der Waals surface area contributed by atoms with Crippen molar-refractivity contribution in [3.8, 4) is 22.8 Å². The van der Waals surface area contributed by atoms with Gasteiger partial charge >= 0.3 is 0 Å². The Labute approximate surface area is 190 Å². The number of carbonyl (C=O) groups excluding carboxylic acids is 1.